The first-order valence-corrected chi connectivity index (χ1v) is 6.72. The monoisotopic (exact) mass is 265 g/mol. The van der Waals surface area contributed by atoms with E-state index in [1.807, 2.05) is 19.1 Å². The van der Waals surface area contributed by atoms with Gasteiger partial charge in [0.1, 0.15) is 12.4 Å². The molecule has 18 heavy (non-hydrogen) atoms. The van der Waals surface area contributed by atoms with E-state index in [1.54, 1.807) is 0 Å². The Bertz CT molecular complexity index is 450. The van der Waals surface area contributed by atoms with Gasteiger partial charge in [0.15, 0.2) is 0 Å². The van der Waals surface area contributed by atoms with Gasteiger partial charge in [0.25, 0.3) is 0 Å². The lowest BCUT2D eigenvalue weighted by Gasteiger charge is -2.27. The zero-order valence-electron chi connectivity index (χ0n) is 11.1. The summed E-state index contributed by atoms with van der Waals surface area (Å²) in [6, 6.07) is 5.99. The fraction of sp³-hybridized carbons (Fsp3) is 0.467. The highest BCUT2D eigenvalue weighted by Gasteiger charge is 2.32. The highest BCUT2D eigenvalue weighted by atomic mass is 35.5. The van der Waals surface area contributed by atoms with Crippen molar-refractivity contribution in [3.8, 4) is 5.75 Å². The molecule has 1 aromatic rings. The number of hydrogen-bond donors (Lipinski definition) is 1. The molecule has 1 aliphatic rings. The van der Waals surface area contributed by atoms with Crippen LogP contribution in [0.3, 0.4) is 0 Å². The molecule has 2 nitrogen and oxygen atoms in total. The predicted octanol–water partition coefficient (Wildman–Crippen LogP) is 3.89. The molecule has 0 amide bonds. The quantitative estimate of drug-likeness (QED) is 0.834. The van der Waals surface area contributed by atoms with Crippen molar-refractivity contribution in [1.29, 1.82) is 0 Å². The van der Waals surface area contributed by atoms with E-state index in [9.17, 15) is 0 Å². The summed E-state index contributed by atoms with van der Waals surface area (Å²) in [5, 5.41) is 4.24. The minimum atomic E-state index is -0.0281. The molecule has 98 valence electrons. The molecule has 1 N–H and O–H groups in total. The van der Waals surface area contributed by atoms with E-state index in [0.29, 0.717) is 6.61 Å². The van der Waals surface area contributed by atoms with Crippen LogP contribution in [0.4, 0.5) is 0 Å². The van der Waals surface area contributed by atoms with E-state index in [4.69, 9.17) is 16.3 Å². The van der Waals surface area contributed by atoms with Crippen molar-refractivity contribution in [2.24, 2.45) is 0 Å². The normalized spacial score (nSPS) is 23.1. The summed E-state index contributed by atoms with van der Waals surface area (Å²) in [5.41, 5.74) is 2.09. The lowest BCUT2D eigenvalue weighted by atomic mass is 9.90. The van der Waals surface area contributed by atoms with Crippen molar-refractivity contribution in [3.63, 3.8) is 0 Å². The van der Waals surface area contributed by atoms with Crippen molar-refractivity contribution in [1.82, 2.24) is 5.32 Å². The second-order valence-corrected chi connectivity index (χ2v) is 5.60. The van der Waals surface area contributed by atoms with Crippen LogP contribution in [-0.2, 0) is 5.54 Å². The third kappa shape index (κ3) is 2.70. The van der Waals surface area contributed by atoms with Crippen LogP contribution in [0.25, 0.3) is 0 Å². The molecular weight excluding hydrogens is 246 g/mol. The van der Waals surface area contributed by atoms with Crippen LogP contribution < -0.4 is 10.1 Å². The fourth-order valence-electron chi connectivity index (χ4n) is 2.37. The van der Waals surface area contributed by atoms with Gasteiger partial charge in [-0.15, -0.1) is 0 Å². The minimum absolute atomic E-state index is 0.0281. The van der Waals surface area contributed by atoms with Crippen molar-refractivity contribution in [3.05, 3.63) is 40.9 Å². The van der Waals surface area contributed by atoms with Gasteiger partial charge in [0.2, 0.25) is 0 Å². The van der Waals surface area contributed by atoms with Gasteiger partial charge in [-0.3, -0.25) is 0 Å². The Kier molecular flexibility index (Phi) is 3.98. The van der Waals surface area contributed by atoms with Crippen LogP contribution in [0, 0.1) is 0 Å². The second-order valence-electron chi connectivity index (χ2n) is 5.23. The summed E-state index contributed by atoms with van der Waals surface area (Å²) in [4.78, 5) is 0. The van der Waals surface area contributed by atoms with Crippen LogP contribution in [0.1, 0.15) is 32.3 Å². The molecule has 1 aliphatic heterocycles. The molecule has 1 fully saturated rings. The van der Waals surface area contributed by atoms with Crippen LogP contribution in [0.2, 0.25) is 5.02 Å². The average Bonchev–Trinajstić information content (AvgIpc) is 2.75. The number of halogens is 1. The van der Waals surface area contributed by atoms with Gasteiger partial charge in [-0.1, -0.05) is 30.3 Å². The summed E-state index contributed by atoms with van der Waals surface area (Å²) >= 11 is 6.47. The Morgan fingerprint density at radius 2 is 2.33 bits per heavy atom. The molecule has 0 aromatic heterocycles. The maximum atomic E-state index is 6.47. The number of rotatable bonds is 4. The van der Waals surface area contributed by atoms with E-state index < -0.39 is 0 Å². The molecule has 0 spiro atoms. The summed E-state index contributed by atoms with van der Waals surface area (Å²) in [6.45, 7) is 9.53. The molecule has 1 atom stereocenters. The van der Waals surface area contributed by atoms with Crippen molar-refractivity contribution in [2.45, 2.75) is 32.2 Å². The van der Waals surface area contributed by atoms with Crippen LogP contribution in [0.15, 0.2) is 30.4 Å². The van der Waals surface area contributed by atoms with Gasteiger partial charge in [-0.25, -0.2) is 0 Å². The van der Waals surface area contributed by atoms with Crippen molar-refractivity contribution < 1.29 is 4.74 Å². The number of nitrogens with one attached hydrogen (secondary N) is 1. The third-order valence-electron chi connectivity index (χ3n) is 3.40. The first-order chi connectivity index (χ1) is 8.53. The number of benzene rings is 1. The van der Waals surface area contributed by atoms with E-state index >= 15 is 0 Å². The van der Waals surface area contributed by atoms with Crippen LogP contribution in [0.5, 0.6) is 5.75 Å². The van der Waals surface area contributed by atoms with Crippen molar-refractivity contribution in [2.75, 3.05) is 13.2 Å². The highest BCUT2D eigenvalue weighted by molar-refractivity contribution is 6.33. The minimum Gasteiger partial charge on any atom is -0.488 e. The number of hydrogen-bond acceptors (Lipinski definition) is 2. The smallest absolute Gasteiger partial charge is 0.138 e. The second kappa shape index (κ2) is 5.33. The molecule has 3 heteroatoms. The summed E-state index contributed by atoms with van der Waals surface area (Å²) in [6.07, 6.45) is 2.29. The molecule has 0 aliphatic carbocycles. The lowest BCUT2D eigenvalue weighted by Crippen LogP contribution is -2.33. The maximum Gasteiger partial charge on any atom is 0.138 e. The highest BCUT2D eigenvalue weighted by Crippen LogP contribution is 2.39. The zero-order chi connectivity index (χ0) is 13.2. The molecule has 1 heterocycles. The van der Waals surface area contributed by atoms with Crippen LogP contribution in [-0.4, -0.2) is 13.2 Å². The molecule has 0 saturated carbocycles. The van der Waals surface area contributed by atoms with Gasteiger partial charge in [-0.2, -0.15) is 0 Å². The first-order valence-electron chi connectivity index (χ1n) is 6.34. The fourth-order valence-corrected chi connectivity index (χ4v) is 2.76. The summed E-state index contributed by atoms with van der Waals surface area (Å²) in [5.74, 6) is 0.743. The largest absolute Gasteiger partial charge is 0.488 e. The SMILES string of the molecule is C=C(C)COc1cccc(C2(C)CCCN2)c1Cl. The average molecular weight is 266 g/mol. The molecule has 1 unspecified atom stereocenters. The Morgan fingerprint density at radius 1 is 1.56 bits per heavy atom. The van der Waals surface area contributed by atoms with Crippen LogP contribution >= 0.6 is 11.6 Å². The van der Waals surface area contributed by atoms with E-state index in [-0.39, 0.29) is 5.54 Å². The van der Waals surface area contributed by atoms with E-state index in [2.05, 4.69) is 24.9 Å². The molecule has 1 saturated heterocycles. The topological polar surface area (TPSA) is 21.3 Å². The van der Waals surface area contributed by atoms with E-state index in [1.165, 1.54) is 6.42 Å². The summed E-state index contributed by atoms with van der Waals surface area (Å²) < 4.78 is 5.68. The van der Waals surface area contributed by atoms with Gasteiger partial charge in [0.05, 0.1) is 5.02 Å². The zero-order valence-corrected chi connectivity index (χ0v) is 11.8. The maximum absolute atomic E-state index is 6.47. The summed E-state index contributed by atoms with van der Waals surface area (Å²) in [7, 11) is 0. The third-order valence-corrected chi connectivity index (χ3v) is 3.79. The van der Waals surface area contributed by atoms with Gasteiger partial charge < -0.3 is 10.1 Å². The molecule has 0 bridgehead atoms. The molecule has 1 aromatic carbocycles. The Balaban J connectivity index is 2.26. The Morgan fingerprint density at radius 3 is 2.94 bits per heavy atom. The lowest BCUT2D eigenvalue weighted by molar-refractivity contribution is 0.350. The Labute approximate surface area is 114 Å². The first kappa shape index (κ1) is 13.4. The standard InChI is InChI=1S/C15H20ClNO/c1-11(2)10-18-13-7-4-6-12(14(13)16)15(3)8-5-9-17-15/h4,6-7,17H,1,5,8-10H2,2-3H3. The van der Waals surface area contributed by atoms with Gasteiger partial charge in [0, 0.05) is 5.54 Å². The molecule has 0 radical (unpaired) electrons. The predicted molar refractivity (Wildman–Crippen MR) is 76.3 cm³/mol. The Hall–Kier alpha value is -0.990. The van der Waals surface area contributed by atoms with Gasteiger partial charge in [-0.05, 0) is 50.4 Å². The van der Waals surface area contributed by atoms with Crippen molar-refractivity contribution >= 4 is 11.6 Å². The van der Waals surface area contributed by atoms with E-state index in [0.717, 1.165) is 34.9 Å². The van der Waals surface area contributed by atoms with Gasteiger partial charge >= 0.3 is 0 Å². The molecule has 2 rings (SSSR count). The number of ether oxygens (including phenoxy) is 1. The molecular formula is C15H20ClNO.